The third-order valence-electron chi connectivity index (χ3n) is 4.49. The minimum absolute atomic E-state index is 0.252. The first-order valence-electron chi connectivity index (χ1n) is 7.14. The number of Topliss-reactive ketones (excluding diaryl/α,β-unsaturated/α-hetero) is 1. The van der Waals surface area contributed by atoms with Crippen molar-refractivity contribution >= 4 is 5.78 Å². The maximum absolute atomic E-state index is 12.6. The van der Waals surface area contributed by atoms with Crippen molar-refractivity contribution in [2.45, 2.75) is 58.5 Å². The molecule has 0 spiro atoms. The molecule has 1 aliphatic rings. The molecule has 0 amide bonds. The van der Waals surface area contributed by atoms with Crippen molar-refractivity contribution < 1.29 is 9.53 Å². The number of benzene rings is 1. The first kappa shape index (κ1) is 14.3. The summed E-state index contributed by atoms with van der Waals surface area (Å²) in [5.41, 5.74) is 4.36. The molecule has 0 atom stereocenters. The number of aryl methyl sites for hydroxylation is 3. The Morgan fingerprint density at radius 1 is 1.16 bits per heavy atom. The molecule has 0 saturated heterocycles. The summed E-state index contributed by atoms with van der Waals surface area (Å²) < 4.78 is 5.59. The van der Waals surface area contributed by atoms with Gasteiger partial charge in [0.15, 0.2) is 5.78 Å². The summed E-state index contributed by atoms with van der Waals surface area (Å²) in [6.07, 6.45) is 4.47. The van der Waals surface area contributed by atoms with E-state index in [0.717, 1.165) is 25.7 Å². The van der Waals surface area contributed by atoms with Gasteiger partial charge in [-0.25, -0.2) is 0 Å². The van der Waals surface area contributed by atoms with E-state index in [0.29, 0.717) is 6.42 Å². The molecule has 0 aliphatic heterocycles. The van der Waals surface area contributed by atoms with Crippen LogP contribution >= 0.6 is 0 Å². The van der Waals surface area contributed by atoms with E-state index in [1.54, 1.807) is 7.11 Å². The lowest BCUT2D eigenvalue weighted by molar-refractivity contribution is -0.139. The first-order chi connectivity index (χ1) is 8.98. The molecule has 0 unspecified atom stereocenters. The van der Waals surface area contributed by atoms with E-state index in [2.05, 4.69) is 32.9 Å². The highest BCUT2D eigenvalue weighted by Gasteiger charge is 2.40. The largest absolute Gasteiger partial charge is 0.370 e. The number of hydrogen-bond acceptors (Lipinski definition) is 2. The molecule has 0 aromatic heterocycles. The normalized spacial score (nSPS) is 17.7. The molecule has 2 nitrogen and oxygen atoms in total. The van der Waals surface area contributed by atoms with Gasteiger partial charge < -0.3 is 4.74 Å². The zero-order valence-electron chi connectivity index (χ0n) is 12.5. The monoisotopic (exact) mass is 260 g/mol. The van der Waals surface area contributed by atoms with Crippen LogP contribution in [-0.2, 0) is 16.0 Å². The fraction of sp³-hybridized carbons (Fsp3) is 0.588. The van der Waals surface area contributed by atoms with Crippen LogP contribution in [0.5, 0.6) is 0 Å². The maximum Gasteiger partial charge on any atom is 0.168 e. The van der Waals surface area contributed by atoms with Gasteiger partial charge in [-0.1, -0.05) is 17.7 Å². The molecule has 19 heavy (non-hydrogen) atoms. The van der Waals surface area contributed by atoms with E-state index < -0.39 is 5.60 Å². The minimum atomic E-state index is -0.510. The van der Waals surface area contributed by atoms with Gasteiger partial charge in [0.2, 0.25) is 0 Å². The highest BCUT2D eigenvalue weighted by Crippen LogP contribution is 2.35. The van der Waals surface area contributed by atoms with Crippen molar-refractivity contribution in [3.8, 4) is 0 Å². The predicted octanol–water partition coefficient (Wildman–Crippen LogP) is 3.68. The summed E-state index contributed by atoms with van der Waals surface area (Å²) in [4.78, 5) is 12.6. The molecule has 0 radical (unpaired) electrons. The van der Waals surface area contributed by atoms with E-state index >= 15 is 0 Å². The Morgan fingerprint density at radius 2 is 1.68 bits per heavy atom. The summed E-state index contributed by atoms with van der Waals surface area (Å²) in [5, 5.41) is 0. The van der Waals surface area contributed by atoms with Crippen molar-refractivity contribution in [1.29, 1.82) is 0 Å². The second-order valence-corrected chi connectivity index (χ2v) is 5.88. The number of methoxy groups -OCH3 is 1. The molecule has 1 saturated carbocycles. The van der Waals surface area contributed by atoms with Gasteiger partial charge in [-0.2, -0.15) is 0 Å². The molecule has 0 heterocycles. The van der Waals surface area contributed by atoms with Gasteiger partial charge in [-0.05, 0) is 63.1 Å². The summed E-state index contributed by atoms with van der Waals surface area (Å²) in [6, 6.07) is 4.31. The van der Waals surface area contributed by atoms with Crippen molar-refractivity contribution in [3.05, 3.63) is 34.4 Å². The number of carbonyl (C=O) groups excluding carboxylic acids is 1. The number of rotatable bonds is 4. The number of hydrogen-bond donors (Lipinski definition) is 0. The third-order valence-corrected chi connectivity index (χ3v) is 4.49. The summed E-state index contributed by atoms with van der Waals surface area (Å²) in [6.45, 7) is 6.28. The molecule has 104 valence electrons. The van der Waals surface area contributed by atoms with Crippen LogP contribution in [0.3, 0.4) is 0 Å². The predicted molar refractivity (Wildman–Crippen MR) is 77.6 cm³/mol. The van der Waals surface area contributed by atoms with Gasteiger partial charge >= 0.3 is 0 Å². The van der Waals surface area contributed by atoms with Crippen LogP contribution in [0.15, 0.2) is 12.1 Å². The molecule has 0 bridgehead atoms. The lowest BCUT2D eigenvalue weighted by Gasteiger charge is -2.26. The van der Waals surface area contributed by atoms with Crippen molar-refractivity contribution in [2.24, 2.45) is 0 Å². The van der Waals surface area contributed by atoms with Crippen LogP contribution in [-0.4, -0.2) is 18.5 Å². The van der Waals surface area contributed by atoms with Gasteiger partial charge in [-0.15, -0.1) is 0 Å². The molecule has 1 aromatic carbocycles. The summed E-state index contributed by atoms with van der Waals surface area (Å²) in [7, 11) is 1.68. The van der Waals surface area contributed by atoms with Gasteiger partial charge in [0, 0.05) is 13.5 Å². The quantitative estimate of drug-likeness (QED) is 0.825. The maximum atomic E-state index is 12.6. The van der Waals surface area contributed by atoms with E-state index in [1.165, 1.54) is 22.3 Å². The zero-order valence-corrected chi connectivity index (χ0v) is 12.5. The molecule has 2 heteroatoms. The average molecular weight is 260 g/mol. The molecular weight excluding hydrogens is 236 g/mol. The average Bonchev–Trinajstić information content (AvgIpc) is 2.83. The van der Waals surface area contributed by atoms with Crippen LogP contribution in [0.25, 0.3) is 0 Å². The topological polar surface area (TPSA) is 26.3 Å². The Hall–Kier alpha value is -1.15. The van der Waals surface area contributed by atoms with E-state index in [-0.39, 0.29) is 5.78 Å². The molecule has 1 fully saturated rings. The van der Waals surface area contributed by atoms with Crippen molar-refractivity contribution in [2.75, 3.05) is 7.11 Å². The Kier molecular flexibility index (Phi) is 4.10. The Balaban J connectivity index is 2.24. The Bertz CT molecular complexity index is 459. The fourth-order valence-corrected chi connectivity index (χ4v) is 3.35. The van der Waals surface area contributed by atoms with Crippen LogP contribution < -0.4 is 0 Å². The zero-order chi connectivity index (χ0) is 14.0. The van der Waals surface area contributed by atoms with Gasteiger partial charge in [0.05, 0.1) is 0 Å². The van der Waals surface area contributed by atoms with Gasteiger partial charge in [0.25, 0.3) is 0 Å². The third kappa shape index (κ3) is 2.74. The fourth-order valence-electron chi connectivity index (χ4n) is 3.35. The molecule has 0 N–H and O–H groups in total. The first-order valence-corrected chi connectivity index (χ1v) is 7.14. The highest BCUT2D eigenvalue weighted by atomic mass is 16.5. The smallest absolute Gasteiger partial charge is 0.168 e. The van der Waals surface area contributed by atoms with E-state index in [9.17, 15) is 4.79 Å². The van der Waals surface area contributed by atoms with Gasteiger partial charge in [0.1, 0.15) is 5.60 Å². The molecular formula is C17H24O2. The highest BCUT2D eigenvalue weighted by molar-refractivity contribution is 5.90. The summed E-state index contributed by atoms with van der Waals surface area (Å²) in [5.74, 6) is 0.252. The second kappa shape index (κ2) is 5.46. The van der Waals surface area contributed by atoms with Crippen molar-refractivity contribution in [1.82, 2.24) is 0 Å². The lowest BCUT2D eigenvalue weighted by Crippen LogP contribution is -2.39. The SMILES string of the molecule is COC1(C(=O)Cc2c(C)cc(C)cc2C)CCCC1. The van der Waals surface area contributed by atoms with E-state index in [1.807, 2.05) is 0 Å². The number of ether oxygens (including phenoxy) is 1. The van der Waals surface area contributed by atoms with E-state index in [4.69, 9.17) is 4.74 Å². The van der Waals surface area contributed by atoms with Crippen LogP contribution in [0.1, 0.15) is 47.9 Å². The Morgan fingerprint density at radius 3 is 2.16 bits per heavy atom. The van der Waals surface area contributed by atoms with Gasteiger partial charge in [-0.3, -0.25) is 4.79 Å². The van der Waals surface area contributed by atoms with Crippen LogP contribution in [0.4, 0.5) is 0 Å². The van der Waals surface area contributed by atoms with Crippen molar-refractivity contribution in [3.63, 3.8) is 0 Å². The van der Waals surface area contributed by atoms with Crippen LogP contribution in [0, 0.1) is 20.8 Å². The minimum Gasteiger partial charge on any atom is -0.370 e. The second-order valence-electron chi connectivity index (χ2n) is 5.88. The number of carbonyl (C=O) groups is 1. The molecule has 1 aromatic rings. The molecule has 1 aliphatic carbocycles. The summed E-state index contributed by atoms with van der Waals surface area (Å²) >= 11 is 0. The standard InChI is InChI=1S/C17H24O2/c1-12-9-13(2)15(14(3)10-12)11-16(18)17(19-4)7-5-6-8-17/h9-10H,5-8,11H2,1-4H3. The number of ketones is 1. The lowest BCUT2D eigenvalue weighted by atomic mass is 9.88. The Labute approximate surface area is 116 Å². The van der Waals surface area contributed by atoms with Crippen LogP contribution in [0.2, 0.25) is 0 Å². The molecule has 2 rings (SSSR count).